The van der Waals surface area contributed by atoms with Crippen LogP contribution in [-0.4, -0.2) is 13.0 Å². The molecule has 0 bridgehead atoms. The minimum absolute atomic E-state index is 0.0681. The van der Waals surface area contributed by atoms with Crippen LogP contribution in [0.1, 0.15) is 21.5 Å². The maximum Gasteiger partial charge on any atom is 0.251 e. The molecule has 0 aliphatic rings. The van der Waals surface area contributed by atoms with Crippen LogP contribution in [0.25, 0.3) is 0 Å². The van der Waals surface area contributed by atoms with Crippen LogP contribution in [0.5, 0.6) is 0 Å². The number of hydrogen-bond donors (Lipinski definition) is 2. The summed E-state index contributed by atoms with van der Waals surface area (Å²) < 4.78 is 2.07. The normalized spacial score (nSPS) is 10.3. The molecule has 3 nitrogen and oxygen atoms in total. The lowest BCUT2D eigenvalue weighted by Gasteiger charge is -2.11. The first kappa shape index (κ1) is 16.0. The second-order valence-electron chi connectivity index (χ2n) is 4.71. The second kappa shape index (κ2) is 7.09. The molecule has 0 unspecified atom stereocenters. The van der Waals surface area contributed by atoms with E-state index in [2.05, 4.69) is 54.6 Å². The number of nitrogens with one attached hydrogen (secondary N) is 2. The third-order valence-electron chi connectivity index (χ3n) is 3.18. The molecule has 0 fully saturated rings. The highest BCUT2D eigenvalue weighted by Crippen LogP contribution is 2.24. The fourth-order valence-corrected chi connectivity index (χ4v) is 2.67. The number of rotatable bonds is 4. The van der Waals surface area contributed by atoms with Crippen molar-refractivity contribution in [3.8, 4) is 0 Å². The Morgan fingerprint density at radius 2 is 1.86 bits per heavy atom. The van der Waals surface area contributed by atoms with Gasteiger partial charge in [-0.3, -0.25) is 4.79 Å². The molecule has 1 amide bonds. The number of halogens is 2. The van der Waals surface area contributed by atoms with Crippen LogP contribution in [0.4, 0.5) is 5.69 Å². The Labute approximate surface area is 141 Å². The lowest BCUT2D eigenvalue weighted by atomic mass is 10.1. The number of carbonyl (C=O) groups excluding carboxylic acids is 1. The van der Waals surface area contributed by atoms with Crippen LogP contribution in [-0.2, 0) is 6.54 Å². The molecule has 2 aromatic carbocycles. The van der Waals surface area contributed by atoms with Gasteiger partial charge < -0.3 is 10.6 Å². The molecule has 2 aromatic rings. The number of amides is 1. The van der Waals surface area contributed by atoms with E-state index in [1.165, 1.54) is 5.56 Å². The van der Waals surface area contributed by atoms with E-state index in [-0.39, 0.29) is 5.91 Å². The summed E-state index contributed by atoms with van der Waals surface area (Å²) in [6, 6.07) is 11.8. The third-order valence-corrected chi connectivity index (χ3v) is 5.06. The maximum absolute atomic E-state index is 11.6. The Bertz CT molecular complexity index is 671. The maximum atomic E-state index is 11.6. The second-order valence-corrected chi connectivity index (χ2v) is 6.42. The Balaban J connectivity index is 2.09. The van der Waals surface area contributed by atoms with Gasteiger partial charge >= 0.3 is 0 Å². The molecule has 0 aliphatic heterocycles. The van der Waals surface area contributed by atoms with Crippen molar-refractivity contribution in [1.82, 2.24) is 5.32 Å². The highest BCUT2D eigenvalue weighted by Gasteiger charge is 2.06. The monoisotopic (exact) mass is 410 g/mol. The van der Waals surface area contributed by atoms with Crippen molar-refractivity contribution in [2.45, 2.75) is 13.5 Å². The van der Waals surface area contributed by atoms with Crippen molar-refractivity contribution in [3.05, 3.63) is 62.0 Å². The molecule has 2 rings (SSSR count). The quantitative estimate of drug-likeness (QED) is 0.777. The zero-order chi connectivity index (χ0) is 15.4. The molecule has 0 heterocycles. The van der Waals surface area contributed by atoms with Crippen LogP contribution in [0.3, 0.4) is 0 Å². The van der Waals surface area contributed by atoms with Crippen LogP contribution >= 0.6 is 31.9 Å². The Kier molecular flexibility index (Phi) is 5.42. The standard InChI is InChI=1S/C16H16Br2N2O/c1-10-7-12(16(21)19-2)4-6-15(10)20-9-11-3-5-13(17)14(18)8-11/h3-8,20H,9H2,1-2H3,(H,19,21). The van der Waals surface area contributed by atoms with E-state index >= 15 is 0 Å². The molecule has 2 N–H and O–H groups in total. The molecule has 21 heavy (non-hydrogen) atoms. The van der Waals surface area contributed by atoms with Gasteiger partial charge in [0.2, 0.25) is 0 Å². The van der Waals surface area contributed by atoms with E-state index in [1.54, 1.807) is 7.05 Å². The van der Waals surface area contributed by atoms with E-state index in [1.807, 2.05) is 31.2 Å². The molecule has 110 valence electrons. The van der Waals surface area contributed by atoms with Gasteiger partial charge in [-0.05, 0) is 80.2 Å². The van der Waals surface area contributed by atoms with E-state index in [0.29, 0.717) is 5.56 Å². The van der Waals surface area contributed by atoms with Crippen LogP contribution in [0, 0.1) is 6.92 Å². The first-order valence-electron chi connectivity index (χ1n) is 6.52. The Morgan fingerprint density at radius 3 is 2.48 bits per heavy atom. The van der Waals surface area contributed by atoms with Crippen molar-refractivity contribution in [2.75, 3.05) is 12.4 Å². The van der Waals surface area contributed by atoms with Gasteiger partial charge in [-0.1, -0.05) is 6.07 Å². The van der Waals surface area contributed by atoms with Gasteiger partial charge in [0, 0.05) is 33.8 Å². The highest BCUT2D eigenvalue weighted by molar-refractivity contribution is 9.13. The average Bonchev–Trinajstić information content (AvgIpc) is 2.48. The van der Waals surface area contributed by atoms with Gasteiger partial charge in [-0.25, -0.2) is 0 Å². The number of hydrogen-bond acceptors (Lipinski definition) is 2. The molecule has 0 saturated carbocycles. The van der Waals surface area contributed by atoms with Gasteiger partial charge in [0.05, 0.1) is 0 Å². The molecule has 0 aliphatic carbocycles. The van der Waals surface area contributed by atoms with Crippen molar-refractivity contribution in [3.63, 3.8) is 0 Å². The summed E-state index contributed by atoms with van der Waals surface area (Å²) in [5.74, 6) is -0.0681. The van der Waals surface area contributed by atoms with Crippen molar-refractivity contribution >= 4 is 43.5 Å². The minimum Gasteiger partial charge on any atom is -0.381 e. The van der Waals surface area contributed by atoms with Crippen LogP contribution < -0.4 is 10.6 Å². The van der Waals surface area contributed by atoms with Crippen LogP contribution in [0.15, 0.2) is 45.3 Å². The van der Waals surface area contributed by atoms with E-state index < -0.39 is 0 Å². The zero-order valence-corrected chi connectivity index (χ0v) is 15.0. The largest absolute Gasteiger partial charge is 0.381 e. The van der Waals surface area contributed by atoms with E-state index in [9.17, 15) is 4.79 Å². The smallest absolute Gasteiger partial charge is 0.251 e. The molecular weight excluding hydrogens is 396 g/mol. The van der Waals surface area contributed by atoms with Gasteiger partial charge in [0.1, 0.15) is 0 Å². The Morgan fingerprint density at radius 1 is 1.10 bits per heavy atom. The molecule has 0 atom stereocenters. The highest BCUT2D eigenvalue weighted by atomic mass is 79.9. The molecule has 5 heteroatoms. The summed E-state index contributed by atoms with van der Waals surface area (Å²) >= 11 is 6.96. The summed E-state index contributed by atoms with van der Waals surface area (Å²) in [7, 11) is 1.63. The molecule has 0 spiro atoms. The van der Waals surface area contributed by atoms with Crippen molar-refractivity contribution in [2.24, 2.45) is 0 Å². The summed E-state index contributed by atoms with van der Waals surface area (Å²) in [6.07, 6.45) is 0. The predicted molar refractivity (Wildman–Crippen MR) is 93.7 cm³/mol. The SMILES string of the molecule is CNC(=O)c1ccc(NCc2ccc(Br)c(Br)c2)c(C)c1. The minimum atomic E-state index is -0.0681. The van der Waals surface area contributed by atoms with Gasteiger partial charge in [-0.2, -0.15) is 0 Å². The van der Waals surface area contributed by atoms with E-state index in [4.69, 9.17) is 0 Å². The molecule has 0 aromatic heterocycles. The number of aryl methyl sites for hydroxylation is 1. The van der Waals surface area contributed by atoms with Gasteiger partial charge in [-0.15, -0.1) is 0 Å². The third kappa shape index (κ3) is 4.08. The first-order valence-corrected chi connectivity index (χ1v) is 8.10. The fourth-order valence-electron chi connectivity index (χ4n) is 1.99. The Hall–Kier alpha value is -1.33. The van der Waals surface area contributed by atoms with Crippen molar-refractivity contribution < 1.29 is 4.79 Å². The number of anilines is 1. The predicted octanol–water partition coefficient (Wildman–Crippen LogP) is 4.49. The fraction of sp³-hybridized carbons (Fsp3) is 0.188. The zero-order valence-electron chi connectivity index (χ0n) is 11.8. The first-order chi connectivity index (χ1) is 10.0. The summed E-state index contributed by atoms with van der Waals surface area (Å²) in [6.45, 7) is 2.72. The summed E-state index contributed by atoms with van der Waals surface area (Å²) in [5.41, 5.74) is 3.93. The lowest BCUT2D eigenvalue weighted by molar-refractivity contribution is 0.0963. The van der Waals surface area contributed by atoms with Crippen molar-refractivity contribution in [1.29, 1.82) is 0 Å². The topological polar surface area (TPSA) is 41.1 Å². The summed E-state index contributed by atoms with van der Waals surface area (Å²) in [5, 5.41) is 6.02. The number of benzene rings is 2. The van der Waals surface area contributed by atoms with E-state index in [0.717, 1.165) is 26.7 Å². The molecule has 0 saturated heterocycles. The van der Waals surface area contributed by atoms with Gasteiger partial charge in [0.15, 0.2) is 0 Å². The van der Waals surface area contributed by atoms with Crippen LogP contribution in [0.2, 0.25) is 0 Å². The average molecular weight is 412 g/mol. The lowest BCUT2D eigenvalue weighted by Crippen LogP contribution is -2.17. The molecule has 0 radical (unpaired) electrons. The number of carbonyl (C=O) groups is 1. The molecular formula is C16H16Br2N2O. The summed E-state index contributed by atoms with van der Waals surface area (Å²) in [4.78, 5) is 11.6. The van der Waals surface area contributed by atoms with Gasteiger partial charge in [0.25, 0.3) is 5.91 Å².